The Hall–Kier alpha value is -7.17. The second kappa shape index (κ2) is 11.7. The van der Waals surface area contributed by atoms with Crippen molar-refractivity contribution >= 4 is 65.0 Å². The lowest BCUT2D eigenvalue weighted by atomic mass is 9.95. The maximum absolute atomic E-state index is 6.28. The Balaban J connectivity index is 1.09. The number of para-hydroxylation sites is 1. The standard InChI is InChI=1S/C49H29N3O/c1-2-9-36-27-37(23-15-30(36)7-1)31-13-21-35(22-14-31)47-50-48(52-49(51-47)39-25-26-42-41-11-5-6-12-44(41)53-45(42)29-39)38-24-18-33-17-20-34-19-16-32-8-3-4-10-40(32)46(34)43(33)28-38/h1-29H. The maximum atomic E-state index is 6.28. The first kappa shape index (κ1) is 29.5. The van der Waals surface area contributed by atoms with Crippen molar-refractivity contribution in [3.05, 3.63) is 176 Å². The van der Waals surface area contributed by atoms with Gasteiger partial charge in [0.25, 0.3) is 0 Å². The molecule has 0 atom stereocenters. The maximum Gasteiger partial charge on any atom is 0.164 e. The van der Waals surface area contributed by atoms with E-state index in [9.17, 15) is 0 Å². The van der Waals surface area contributed by atoms with E-state index in [-0.39, 0.29) is 0 Å². The van der Waals surface area contributed by atoms with E-state index < -0.39 is 0 Å². The number of fused-ring (bicyclic) bond motifs is 9. The summed E-state index contributed by atoms with van der Waals surface area (Å²) in [5, 5.41) is 11.8. The fourth-order valence-electron chi connectivity index (χ4n) is 7.77. The van der Waals surface area contributed by atoms with Gasteiger partial charge in [-0.25, -0.2) is 15.0 Å². The van der Waals surface area contributed by atoms with Crippen molar-refractivity contribution in [3.8, 4) is 45.3 Å². The predicted octanol–water partition coefficient (Wildman–Crippen LogP) is 13.1. The molecule has 0 aliphatic rings. The van der Waals surface area contributed by atoms with Crippen LogP contribution >= 0.6 is 0 Å². The number of nitrogens with zero attached hydrogens (tertiary/aromatic N) is 3. The minimum Gasteiger partial charge on any atom is -0.456 e. The monoisotopic (exact) mass is 675 g/mol. The molecule has 0 aliphatic carbocycles. The average Bonchev–Trinajstić information content (AvgIpc) is 3.61. The molecule has 0 N–H and O–H groups in total. The molecule has 11 aromatic rings. The third-order valence-corrected chi connectivity index (χ3v) is 10.5. The highest BCUT2D eigenvalue weighted by Gasteiger charge is 2.16. The van der Waals surface area contributed by atoms with Crippen molar-refractivity contribution in [3.63, 3.8) is 0 Å². The molecule has 4 nitrogen and oxygen atoms in total. The highest BCUT2D eigenvalue weighted by Crippen LogP contribution is 2.36. The fourth-order valence-corrected chi connectivity index (χ4v) is 7.77. The van der Waals surface area contributed by atoms with E-state index in [2.05, 4.69) is 152 Å². The fraction of sp³-hybridized carbons (Fsp3) is 0. The van der Waals surface area contributed by atoms with Crippen LogP contribution in [0.1, 0.15) is 0 Å². The van der Waals surface area contributed by atoms with Crippen LogP contribution in [-0.2, 0) is 0 Å². The lowest BCUT2D eigenvalue weighted by molar-refractivity contribution is 0.669. The third-order valence-electron chi connectivity index (χ3n) is 10.5. The number of benzene rings is 9. The minimum absolute atomic E-state index is 0.592. The molecule has 0 radical (unpaired) electrons. The summed E-state index contributed by atoms with van der Waals surface area (Å²) in [6.07, 6.45) is 0. The van der Waals surface area contributed by atoms with Crippen molar-refractivity contribution in [2.75, 3.05) is 0 Å². The number of hydrogen-bond acceptors (Lipinski definition) is 4. The summed E-state index contributed by atoms with van der Waals surface area (Å²) in [5.74, 6) is 1.82. The minimum atomic E-state index is 0.592. The molecule has 0 aliphatic heterocycles. The smallest absolute Gasteiger partial charge is 0.164 e. The van der Waals surface area contributed by atoms with E-state index in [0.717, 1.165) is 44.2 Å². The molecule has 0 spiro atoms. The van der Waals surface area contributed by atoms with Crippen LogP contribution in [0.15, 0.2) is 180 Å². The molecule has 0 saturated carbocycles. The summed E-state index contributed by atoms with van der Waals surface area (Å²) in [7, 11) is 0. The average molecular weight is 676 g/mol. The molecule has 0 unspecified atom stereocenters. The molecule has 0 bridgehead atoms. The quantitative estimate of drug-likeness (QED) is 0.174. The van der Waals surface area contributed by atoms with Crippen molar-refractivity contribution in [2.24, 2.45) is 0 Å². The molecule has 0 amide bonds. The first-order chi connectivity index (χ1) is 26.2. The first-order valence-electron chi connectivity index (χ1n) is 17.8. The van der Waals surface area contributed by atoms with Gasteiger partial charge in [-0.05, 0) is 84.5 Å². The molecular formula is C49H29N3O. The van der Waals surface area contributed by atoms with Crippen molar-refractivity contribution in [1.29, 1.82) is 0 Å². The van der Waals surface area contributed by atoms with Crippen LogP contribution in [-0.4, -0.2) is 15.0 Å². The molecule has 11 rings (SSSR count). The lowest BCUT2D eigenvalue weighted by Gasteiger charge is -2.12. The van der Waals surface area contributed by atoms with Crippen LogP contribution in [0.4, 0.5) is 0 Å². The molecule has 0 fully saturated rings. The van der Waals surface area contributed by atoms with Crippen LogP contribution in [0.3, 0.4) is 0 Å². The number of aromatic nitrogens is 3. The molecule has 9 aromatic carbocycles. The van der Waals surface area contributed by atoms with Crippen LogP contribution in [0.25, 0.3) is 110 Å². The molecule has 2 aromatic heterocycles. The number of furan rings is 1. The van der Waals surface area contributed by atoms with Gasteiger partial charge in [-0.3, -0.25) is 0 Å². The summed E-state index contributed by atoms with van der Waals surface area (Å²) in [6, 6.07) is 61.8. The first-order valence-corrected chi connectivity index (χ1v) is 17.8. The predicted molar refractivity (Wildman–Crippen MR) is 219 cm³/mol. The van der Waals surface area contributed by atoms with Crippen molar-refractivity contribution in [2.45, 2.75) is 0 Å². The molecule has 4 heteroatoms. The van der Waals surface area contributed by atoms with Gasteiger partial charge in [0.05, 0.1) is 0 Å². The van der Waals surface area contributed by atoms with Crippen LogP contribution < -0.4 is 0 Å². The summed E-state index contributed by atoms with van der Waals surface area (Å²) >= 11 is 0. The highest BCUT2D eigenvalue weighted by atomic mass is 16.3. The number of hydrogen-bond donors (Lipinski definition) is 0. The molecule has 0 saturated heterocycles. The number of rotatable bonds is 4. The van der Waals surface area contributed by atoms with Crippen molar-refractivity contribution in [1.82, 2.24) is 15.0 Å². The zero-order valence-electron chi connectivity index (χ0n) is 28.5. The largest absolute Gasteiger partial charge is 0.456 e. The van der Waals surface area contributed by atoms with Gasteiger partial charge in [-0.1, -0.05) is 146 Å². The van der Waals surface area contributed by atoms with Gasteiger partial charge in [0, 0.05) is 27.5 Å². The normalized spacial score (nSPS) is 11.8. The van der Waals surface area contributed by atoms with E-state index >= 15 is 0 Å². The zero-order valence-corrected chi connectivity index (χ0v) is 28.5. The Morgan fingerprint density at radius 3 is 1.60 bits per heavy atom. The van der Waals surface area contributed by atoms with Crippen LogP contribution in [0, 0.1) is 0 Å². The molecule has 246 valence electrons. The van der Waals surface area contributed by atoms with E-state index in [1.54, 1.807) is 0 Å². The Kier molecular flexibility index (Phi) is 6.52. The SMILES string of the molecule is c1ccc2cc(-c3ccc(-c4nc(-c5ccc6c(c5)oc5ccccc56)nc(-c5ccc6ccc7ccc8ccccc8c7c6c5)n4)cc3)ccc2c1. The summed E-state index contributed by atoms with van der Waals surface area (Å²) in [6.45, 7) is 0. The Morgan fingerprint density at radius 2 is 0.792 bits per heavy atom. The Labute approximate surface area is 304 Å². The Bertz CT molecular complexity index is 3230. The van der Waals surface area contributed by atoms with E-state index in [1.165, 1.54) is 48.7 Å². The molecular weight excluding hydrogens is 647 g/mol. The summed E-state index contributed by atoms with van der Waals surface area (Å²) in [4.78, 5) is 15.4. The molecule has 53 heavy (non-hydrogen) atoms. The summed E-state index contributed by atoms with van der Waals surface area (Å²) < 4.78 is 6.28. The van der Waals surface area contributed by atoms with E-state index in [1.807, 2.05) is 24.3 Å². The zero-order chi connectivity index (χ0) is 34.9. The Morgan fingerprint density at radius 1 is 0.283 bits per heavy atom. The second-order valence-corrected chi connectivity index (χ2v) is 13.6. The van der Waals surface area contributed by atoms with Gasteiger partial charge in [0.1, 0.15) is 11.2 Å². The van der Waals surface area contributed by atoms with E-state index in [0.29, 0.717) is 17.5 Å². The van der Waals surface area contributed by atoms with E-state index in [4.69, 9.17) is 19.4 Å². The van der Waals surface area contributed by atoms with Crippen LogP contribution in [0.5, 0.6) is 0 Å². The van der Waals surface area contributed by atoms with Gasteiger partial charge >= 0.3 is 0 Å². The van der Waals surface area contributed by atoms with Gasteiger partial charge in [-0.15, -0.1) is 0 Å². The topological polar surface area (TPSA) is 51.8 Å². The van der Waals surface area contributed by atoms with Gasteiger partial charge in [0.15, 0.2) is 17.5 Å². The third kappa shape index (κ3) is 4.95. The van der Waals surface area contributed by atoms with Gasteiger partial charge < -0.3 is 4.42 Å². The van der Waals surface area contributed by atoms with Crippen LogP contribution in [0.2, 0.25) is 0 Å². The molecule has 2 heterocycles. The van der Waals surface area contributed by atoms with Gasteiger partial charge in [0.2, 0.25) is 0 Å². The van der Waals surface area contributed by atoms with Gasteiger partial charge in [-0.2, -0.15) is 0 Å². The van der Waals surface area contributed by atoms with Crippen molar-refractivity contribution < 1.29 is 4.42 Å². The lowest BCUT2D eigenvalue weighted by Crippen LogP contribution is -2.00. The highest BCUT2D eigenvalue weighted by molar-refractivity contribution is 6.20. The second-order valence-electron chi connectivity index (χ2n) is 13.6. The summed E-state index contributed by atoms with van der Waals surface area (Å²) in [5.41, 5.74) is 6.68.